The Labute approximate surface area is 122 Å². The smallest absolute Gasteiger partial charge is 0.270 e. The van der Waals surface area contributed by atoms with Gasteiger partial charge in [-0.1, -0.05) is 13.8 Å². The number of non-ortho nitro benzene ring substituents is 1. The maximum Gasteiger partial charge on any atom is 0.270 e. The predicted octanol–water partition coefficient (Wildman–Crippen LogP) is 3.13. The van der Waals surface area contributed by atoms with E-state index in [1.54, 1.807) is 6.07 Å². The summed E-state index contributed by atoms with van der Waals surface area (Å²) in [5, 5.41) is 11.8. The Morgan fingerprint density at radius 1 is 1.35 bits per heavy atom. The quantitative estimate of drug-likeness (QED) is 0.487. The van der Waals surface area contributed by atoms with E-state index in [0.717, 1.165) is 18.8 Å². The number of nitrogens with zero attached hydrogens (tertiary/aromatic N) is 2. The molecule has 1 heterocycles. The summed E-state index contributed by atoms with van der Waals surface area (Å²) in [6.45, 7) is 7.48. The largest absolute Gasteiger partial charge is 0.369 e. The molecule has 0 amide bonds. The molecule has 2 atom stereocenters. The number of rotatable bonds is 3. The van der Waals surface area contributed by atoms with Gasteiger partial charge in [-0.2, -0.15) is 11.8 Å². The van der Waals surface area contributed by atoms with Crippen LogP contribution in [0.1, 0.15) is 31.1 Å². The van der Waals surface area contributed by atoms with E-state index >= 15 is 0 Å². The molecule has 1 saturated heterocycles. The van der Waals surface area contributed by atoms with E-state index in [2.05, 4.69) is 18.7 Å². The van der Waals surface area contributed by atoms with E-state index in [4.69, 9.17) is 0 Å². The van der Waals surface area contributed by atoms with Crippen molar-refractivity contribution in [3.63, 3.8) is 0 Å². The van der Waals surface area contributed by atoms with Gasteiger partial charge in [-0.05, 0) is 13.0 Å². The molecule has 1 aliphatic heterocycles. The Morgan fingerprint density at radius 3 is 2.45 bits per heavy atom. The van der Waals surface area contributed by atoms with Gasteiger partial charge in [0.25, 0.3) is 5.69 Å². The van der Waals surface area contributed by atoms with Crippen LogP contribution in [0, 0.1) is 10.1 Å². The molecule has 0 aliphatic carbocycles. The molecule has 2 rings (SSSR count). The second-order valence-electron chi connectivity index (χ2n) is 5.18. The minimum absolute atomic E-state index is 0.0357. The number of carbonyl (C=O) groups is 1. The topological polar surface area (TPSA) is 63.4 Å². The lowest BCUT2D eigenvalue weighted by molar-refractivity contribution is -0.384. The number of carbonyl (C=O) groups excluding carboxylic acids is 1. The lowest BCUT2D eigenvalue weighted by atomic mass is 10.1. The SMILES string of the molecule is CC(=O)c1cc([N+](=O)[O-])ccc1N1CC(C)SC(C)C1. The molecule has 5 nitrogen and oxygen atoms in total. The molecule has 0 saturated carbocycles. The van der Waals surface area contributed by atoms with E-state index in [9.17, 15) is 14.9 Å². The third-order valence-electron chi connectivity index (χ3n) is 3.33. The number of hydrogen-bond acceptors (Lipinski definition) is 5. The minimum Gasteiger partial charge on any atom is -0.369 e. The summed E-state index contributed by atoms with van der Waals surface area (Å²) in [5.74, 6) is -0.137. The van der Waals surface area contributed by atoms with Crippen molar-refractivity contribution in [2.75, 3.05) is 18.0 Å². The highest BCUT2D eigenvalue weighted by molar-refractivity contribution is 8.00. The molecule has 0 aromatic heterocycles. The van der Waals surface area contributed by atoms with Crippen LogP contribution >= 0.6 is 11.8 Å². The summed E-state index contributed by atoms with van der Waals surface area (Å²) in [7, 11) is 0. The van der Waals surface area contributed by atoms with E-state index in [0.29, 0.717) is 16.1 Å². The van der Waals surface area contributed by atoms with E-state index in [1.807, 2.05) is 11.8 Å². The molecule has 0 N–H and O–H groups in total. The average Bonchev–Trinajstić information content (AvgIpc) is 2.36. The number of thioether (sulfide) groups is 1. The van der Waals surface area contributed by atoms with Crippen LogP contribution in [0.4, 0.5) is 11.4 Å². The van der Waals surface area contributed by atoms with Crippen LogP contribution in [-0.4, -0.2) is 34.3 Å². The van der Waals surface area contributed by atoms with Crippen molar-refractivity contribution in [2.45, 2.75) is 31.3 Å². The van der Waals surface area contributed by atoms with Crippen LogP contribution in [0.25, 0.3) is 0 Å². The van der Waals surface area contributed by atoms with Crippen molar-refractivity contribution in [2.24, 2.45) is 0 Å². The van der Waals surface area contributed by atoms with Crippen molar-refractivity contribution >= 4 is 28.9 Å². The summed E-state index contributed by atoms with van der Waals surface area (Å²) < 4.78 is 0. The van der Waals surface area contributed by atoms with Crippen LogP contribution in [0.3, 0.4) is 0 Å². The maximum absolute atomic E-state index is 11.8. The van der Waals surface area contributed by atoms with Crippen molar-refractivity contribution in [3.05, 3.63) is 33.9 Å². The molecule has 6 heteroatoms. The fraction of sp³-hybridized carbons (Fsp3) is 0.500. The molecule has 0 spiro atoms. The highest BCUT2D eigenvalue weighted by Gasteiger charge is 2.25. The van der Waals surface area contributed by atoms with Crippen LogP contribution in [-0.2, 0) is 0 Å². The number of benzene rings is 1. The van der Waals surface area contributed by atoms with Crippen molar-refractivity contribution in [1.29, 1.82) is 0 Å². The molecule has 1 fully saturated rings. The fourth-order valence-corrected chi connectivity index (χ4v) is 3.90. The lowest BCUT2D eigenvalue weighted by Crippen LogP contribution is -2.41. The van der Waals surface area contributed by atoms with Gasteiger partial charge in [0, 0.05) is 47.0 Å². The maximum atomic E-state index is 11.8. The molecule has 1 aromatic rings. The summed E-state index contributed by atoms with van der Waals surface area (Å²) >= 11 is 1.93. The molecule has 1 aliphatic rings. The third kappa shape index (κ3) is 3.12. The average molecular weight is 294 g/mol. The van der Waals surface area contributed by atoms with E-state index in [1.165, 1.54) is 19.1 Å². The van der Waals surface area contributed by atoms with Gasteiger partial charge in [0.15, 0.2) is 5.78 Å². The van der Waals surface area contributed by atoms with Gasteiger partial charge in [-0.25, -0.2) is 0 Å². The molecule has 2 unspecified atom stereocenters. The van der Waals surface area contributed by atoms with Gasteiger partial charge in [0.1, 0.15) is 0 Å². The second kappa shape index (κ2) is 5.83. The number of anilines is 1. The number of Topliss-reactive ketones (excluding diaryl/α,β-unsaturated/α-hetero) is 1. The number of nitro benzene ring substituents is 1. The summed E-state index contributed by atoms with van der Waals surface area (Å²) in [4.78, 5) is 24.3. The van der Waals surface area contributed by atoms with Crippen molar-refractivity contribution in [1.82, 2.24) is 0 Å². The second-order valence-corrected chi connectivity index (χ2v) is 7.06. The third-order valence-corrected chi connectivity index (χ3v) is 4.56. The standard InChI is InChI=1S/C14H18N2O3S/c1-9-7-15(8-10(2)20-9)14-5-4-12(16(18)19)6-13(14)11(3)17/h4-6,9-10H,7-8H2,1-3H3. The fourth-order valence-electron chi connectivity index (χ4n) is 2.57. The summed E-state index contributed by atoms with van der Waals surface area (Å²) in [5.41, 5.74) is 1.21. The lowest BCUT2D eigenvalue weighted by Gasteiger charge is -2.37. The van der Waals surface area contributed by atoms with Crippen LogP contribution in [0.2, 0.25) is 0 Å². The Bertz CT molecular complexity index is 537. The van der Waals surface area contributed by atoms with Crippen LogP contribution < -0.4 is 4.90 Å². The highest BCUT2D eigenvalue weighted by atomic mass is 32.2. The van der Waals surface area contributed by atoms with Gasteiger partial charge in [-0.3, -0.25) is 14.9 Å². The van der Waals surface area contributed by atoms with Gasteiger partial charge < -0.3 is 4.90 Å². The van der Waals surface area contributed by atoms with Gasteiger partial charge in [0.05, 0.1) is 4.92 Å². The number of ketones is 1. The predicted molar refractivity (Wildman–Crippen MR) is 81.8 cm³/mol. The normalized spacial score (nSPS) is 22.6. The Morgan fingerprint density at radius 2 is 1.95 bits per heavy atom. The van der Waals surface area contributed by atoms with Gasteiger partial charge >= 0.3 is 0 Å². The zero-order chi connectivity index (χ0) is 14.9. The van der Waals surface area contributed by atoms with E-state index < -0.39 is 4.92 Å². The molecular weight excluding hydrogens is 276 g/mol. The van der Waals surface area contributed by atoms with E-state index in [-0.39, 0.29) is 11.5 Å². The summed E-state index contributed by atoms with van der Waals surface area (Å²) in [6, 6.07) is 4.55. The number of hydrogen-bond donors (Lipinski definition) is 0. The highest BCUT2D eigenvalue weighted by Crippen LogP contribution is 2.32. The first kappa shape index (κ1) is 14.8. The van der Waals surface area contributed by atoms with Crippen molar-refractivity contribution in [3.8, 4) is 0 Å². The van der Waals surface area contributed by atoms with Crippen LogP contribution in [0.5, 0.6) is 0 Å². The Hall–Kier alpha value is -1.56. The molecule has 20 heavy (non-hydrogen) atoms. The molecule has 0 bridgehead atoms. The monoisotopic (exact) mass is 294 g/mol. The van der Waals surface area contributed by atoms with Gasteiger partial charge in [-0.15, -0.1) is 0 Å². The zero-order valence-corrected chi connectivity index (χ0v) is 12.6. The van der Waals surface area contributed by atoms with Crippen LogP contribution in [0.15, 0.2) is 18.2 Å². The molecule has 108 valence electrons. The van der Waals surface area contributed by atoms with Gasteiger partial charge in [0.2, 0.25) is 0 Å². The first-order valence-electron chi connectivity index (χ1n) is 6.58. The first-order chi connectivity index (χ1) is 9.38. The molecule has 0 radical (unpaired) electrons. The Balaban J connectivity index is 2.40. The number of nitro groups is 1. The molecular formula is C14H18N2O3S. The van der Waals surface area contributed by atoms with Crippen molar-refractivity contribution < 1.29 is 9.72 Å². The zero-order valence-electron chi connectivity index (χ0n) is 11.8. The molecule has 1 aromatic carbocycles. The minimum atomic E-state index is -0.465. The first-order valence-corrected chi connectivity index (χ1v) is 7.52. The summed E-state index contributed by atoms with van der Waals surface area (Å²) in [6.07, 6.45) is 0. The Kier molecular flexibility index (Phi) is 4.32.